The third-order valence-corrected chi connectivity index (χ3v) is 1.87. The molecule has 0 aromatic carbocycles. The predicted octanol–water partition coefficient (Wildman–Crippen LogP) is 3.38. The molecule has 0 aromatic rings. The molecule has 1 unspecified atom stereocenters. The molecule has 0 aromatic heterocycles. The van der Waals surface area contributed by atoms with Gasteiger partial charge in [-0.05, 0) is 19.8 Å². The molecule has 0 rings (SSSR count). The zero-order valence-electron chi connectivity index (χ0n) is 6.89. The van der Waals surface area contributed by atoms with Crippen molar-refractivity contribution in [2.75, 3.05) is 5.88 Å². The predicted molar refractivity (Wildman–Crippen MR) is 48.5 cm³/mol. The van der Waals surface area contributed by atoms with Crippen molar-refractivity contribution in [2.24, 2.45) is 5.92 Å². The standard InChI is InChI=1S/C9H15Cl/c1-4-8(2)5-6-9(3)7-10/h4-6,9H,7H2,1-3H3/b6-5-,8-4-. The van der Waals surface area contributed by atoms with Crippen LogP contribution < -0.4 is 0 Å². The fourth-order valence-electron chi connectivity index (χ4n) is 0.464. The van der Waals surface area contributed by atoms with Crippen LogP contribution in [0.25, 0.3) is 0 Å². The summed E-state index contributed by atoms with van der Waals surface area (Å²) in [6.07, 6.45) is 6.31. The van der Waals surface area contributed by atoms with Crippen LogP contribution in [0.1, 0.15) is 20.8 Å². The third kappa shape index (κ3) is 4.63. The maximum absolute atomic E-state index is 5.61. The summed E-state index contributed by atoms with van der Waals surface area (Å²) < 4.78 is 0. The van der Waals surface area contributed by atoms with E-state index in [1.165, 1.54) is 5.57 Å². The Bertz CT molecular complexity index is 134. The second-order valence-corrected chi connectivity index (χ2v) is 2.83. The molecule has 0 N–H and O–H groups in total. The highest BCUT2D eigenvalue weighted by Gasteiger charge is 1.90. The van der Waals surface area contributed by atoms with Crippen LogP contribution in [0.2, 0.25) is 0 Å². The molecule has 0 nitrogen and oxygen atoms in total. The number of hydrogen-bond donors (Lipinski definition) is 0. The highest BCUT2D eigenvalue weighted by molar-refractivity contribution is 6.18. The van der Waals surface area contributed by atoms with Gasteiger partial charge >= 0.3 is 0 Å². The first-order valence-electron chi connectivity index (χ1n) is 3.57. The molecule has 58 valence electrons. The van der Waals surface area contributed by atoms with E-state index < -0.39 is 0 Å². The highest BCUT2D eigenvalue weighted by Crippen LogP contribution is 2.02. The SMILES string of the molecule is C/C=C(C)\C=C/C(C)CCl. The van der Waals surface area contributed by atoms with Crippen molar-refractivity contribution in [1.29, 1.82) is 0 Å². The smallest absolute Gasteiger partial charge is 0.0283 e. The van der Waals surface area contributed by atoms with E-state index in [1.54, 1.807) is 0 Å². The minimum absolute atomic E-state index is 0.483. The summed E-state index contributed by atoms with van der Waals surface area (Å²) in [5, 5.41) is 0. The molecule has 1 heteroatoms. The van der Waals surface area contributed by atoms with Crippen molar-refractivity contribution in [3.63, 3.8) is 0 Å². The molecular weight excluding hydrogens is 144 g/mol. The fraction of sp³-hybridized carbons (Fsp3) is 0.556. The maximum atomic E-state index is 5.61. The number of alkyl halides is 1. The Hall–Kier alpha value is -0.230. The largest absolute Gasteiger partial charge is 0.126 e. The number of allylic oxidation sites excluding steroid dienone is 4. The van der Waals surface area contributed by atoms with Crippen LogP contribution in [0.5, 0.6) is 0 Å². The molecule has 0 radical (unpaired) electrons. The molecule has 0 saturated carbocycles. The van der Waals surface area contributed by atoms with Gasteiger partial charge in [0.25, 0.3) is 0 Å². The van der Waals surface area contributed by atoms with Gasteiger partial charge in [-0.3, -0.25) is 0 Å². The Morgan fingerprint density at radius 3 is 2.60 bits per heavy atom. The van der Waals surface area contributed by atoms with Crippen LogP contribution in [0.3, 0.4) is 0 Å². The van der Waals surface area contributed by atoms with Gasteiger partial charge in [-0.1, -0.05) is 30.7 Å². The van der Waals surface area contributed by atoms with Crippen LogP contribution in [0.15, 0.2) is 23.8 Å². The molecule has 1 atom stereocenters. The van der Waals surface area contributed by atoms with E-state index in [1.807, 2.05) is 6.92 Å². The van der Waals surface area contributed by atoms with Crippen molar-refractivity contribution >= 4 is 11.6 Å². The molecule has 0 aliphatic heterocycles. The van der Waals surface area contributed by atoms with Gasteiger partial charge in [0.1, 0.15) is 0 Å². The van der Waals surface area contributed by atoms with Crippen LogP contribution in [-0.4, -0.2) is 5.88 Å². The van der Waals surface area contributed by atoms with Crippen molar-refractivity contribution < 1.29 is 0 Å². The second-order valence-electron chi connectivity index (χ2n) is 2.52. The van der Waals surface area contributed by atoms with Crippen LogP contribution in [-0.2, 0) is 0 Å². The zero-order chi connectivity index (χ0) is 7.98. The van der Waals surface area contributed by atoms with Crippen molar-refractivity contribution in [1.82, 2.24) is 0 Å². The Labute approximate surface area is 68.6 Å². The van der Waals surface area contributed by atoms with Gasteiger partial charge in [0.05, 0.1) is 0 Å². The van der Waals surface area contributed by atoms with Crippen LogP contribution in [0, 0.1) is 5.92 Å². The van der Waals surface area contributed by atoms with Crippen LogP contribution >= 0.6 is 11.6 Å². The van der Waals surface area contributed by atoms with Gasteiger partial charge in [0.2, 0.25) is 0 Å². The molecule has 0 fully saturated rings. The molecule has 0 bridgehead atoms. The van der Waals surface area contributed by atoms with E-state index in [9.17, 15) is 0 Å². The van der Waals surface area contributed by atoms with Gasteiger partial charge in [0, 0.05) is 5.88 Å². The lowest BCUT2D eigenvalue weighted by Crippen LogP contribution is -1.88. The summed E-state index contributed by atoms with van der Waals surface area (Å²) in [5.41, 5.74) is 1.29. The Morgan fingerprint density at radius 2 is 2.20 bits per heavy atom. The molecule has 0 spiro atoms. The second kappa shape index (κ2) is 5.55. The summed E-state index contributed by atoms with van der Waals surface area (Å²) in [4.78, 5) is 0. The van der Waals surface area contributed by atoms with E-state index in [2.05, 4.69) is 32.1 Å². The molecule has 0 heterocycles. The van der Waals surface area contributed by atoms with E-state index in [0.29, 0.717) is 11.8 Å². The molecule has 0 aliphatic rings. The monoisotopic (exact) mass is 158 g/mol. The summed E-state index contributed by atoms with van der Waals surface area (Å²) >= 11 is 5.61. The zero-order valence-corrected chi connectivity index (χ0v) is 7.65. The Balaban J connectivity index is 3.75. The topological polar surface area (TPSA) is 0 Å². The molecule has 0 aliphatic carbocycles. The third-order valence-electron chi connectivity index (χ3n) is 1.39. The lowest BCUT2D eigenvalue weighted by Gasteiger charge is -1.97. The average Bonchev–Trinajstić information content (AvgIpc) is 1.99. The summed E-state index contributed by atoms with van der Waals surface area (Å²) in [7, 11) is 0. The molecule has 0 saturated heterocycles. The van der Waals surface area contributed by atoms with E-state index >= 15 is 0 Å². The van der Waals surface area contributed by atoms with Crippen molar-refractivity contribution in [3.05, 3.63) is 23.8 Å². The van der Waals surface area contributed by atoms with Gasteiger partial charge in [-0.15, -0.1) is 11.6 Å². The normalized spacial score (nSPS) is 16.2. The van der Waals surface area contributed by atoms with E-state index in [4.69, 9.17) is 11.6 Å². The highest BCUT2D eigenvalue weighted by atomic mass is 35.5. The summed E-state index contributed by atoms with van der Waals surface area (Å²) in [6, 6.07) is 0. The quantitative estimate of drug-likeness (QED) is 0.437. The number of halogens is 1. The van der Waals surface area contributed by atoms with Gasteiger partial charge in [-0.2, -0.15) is 0 Å². The van der Waals surface area contributed by atoms with Crippen LogP contribution in [0.4, 0.5) is 0 Å². The van der Waals surface area contributed by atoms with Gasteiger partial charge in [-0.25, -0.2) is 0 Å². The molecule has 0 amide bonds. The number of hydrogen-bond acceptors (Lipinski definition) is 0. The Morgan fingerprint density at radius 1 is 1.60 bits per heavy atom. The minimum Gasteiger partial charge on any atom is -0.126 e. The minimum atomic E-state index is 0.483. The Kier molecular flexibility index (Phi) is 5.42. The molecule has 10 heavy (non-hydrogen) atoms. The van der Waals surface area contributed by atoms with Crippen molar-refractivity contribution in [2.45, 2.75) is 20.8 Å². The number of rotatable bonds is 3. The van der Waals surface area contributed by atoms with Gasteiger partial charge in [0.15, 0.2) is 0 Å². The average molecular weight is 159 g/mol. The summed E-state index contributed by atoms with van der Waals surface area (Å²) in [6.45, 7) is 6.22. The lowest BCUT2D eigenvalue weighted by molar-refractivity contribution is 0.840. The van der Waals surface area contributed by atoms with E-state index in [0.717, 1.165) is 0 Å². The van der Waals surface area contributed by atoms with Gasteiger partial charge < -0.3 is 0 Å². The first-order chi connectivity index (χ1) is 4.70. The lowest BCUT2D eigenvalue weighted by atomic mass is 10.1. The first-order valence-corrected chi connectivity index (χ1v) is 4.11. The first kappa shape index (κ1) is 9.77. The van der Waals surface area contributed by atoms with E-state index in [-0.39, 0.29) is 0 Å². The summed E-state index contributed by atoms with van der Waals surface area (Å²) in [5.74, 6) is 1.18. The maximum Gasteiger partial charge on any atom is 0.0283 e. The van der Waals surface area contributed by atoms with Crippen molar-refractivity contribution in [3.8, 4) is 0 Å². The molecular formula is C9H15Cl. The fourth-order valence-corrected chi connectivity index (χ4v) is 0.567.